The standard InChI is InChI=1S/C20H24N2O4/c1-9-7-12-11-5-4-6-21-16(11)10(2)8-13(12)17-14(9)18(23)15(19(24)22-17)20(25)26-3/h8-9,14,17,21,23H,4-7H2,1-3H3,(H,22,24). The van der Waals surface area contributed by atoms with Crippen LogP contribution >= 0.6 is 0 Å². The molecule has 0 fully saturated rings. The van der Waals surface area contributed by atoms with Gasteiger partial charge in [-0.3, -0.25) is 4.79 Å². The molecule has 138 valence electrons. The van der Waals surface area contributed by atoms with Gasteiger partial charge in [0.05, 0.1) is 13.2 Å². The van der Waals surface area contributed by atoms with E-state index in [9.17, 15) is 14.7 Å². The van der Waals surface area contributed by atoms with Crippen LogP contribution in [0.3, 0.4) is 0 Å². The van der Waals surface area contributed by atoms with Crippen molar-refractivity contribution in [3.63, 3.8) is 0 Å². The van der Waals surface area contributed by atoms with E-state index in [1.165, 1.54) is 23.9 Å². The van der Waals surface area contributed by atoms with Gasteiger partial charge in [-0.2, -0.15) is 0 Å². The summed E-state index contributed by atoms with van der Waals surface area (Å²) in [5.74, 6) is -1.71. The summed E-state index contributed by atoms with van der Waals surface area (Å²) < 4.78 is 4.68. The SMILES string of the molecule is COC(=O)C1=C(O)C2C(C)Cc3c(cc(C)c4c3CCCN4)C2NC1=O. The Morgan fingerprint density at radius 3 is 2.85 bits per heavy atom. The van der Waals surface area contributed by atoms with Gasteiger partial charge in [0.2, 0.25) is 0 Å². The minimum Gasteiger partial charge on any atom is -0.511 e. The van der Waals surface area contributed by atoms with Crippen LogP contribution in [0.4, 0.5) is 5.69 Å². The molecule has 2 aliphatic heterocycles. The smallest absolute Gasteiger partial charge is 0.346 e. The maximum Gasteiger partial charge on any atom is 0.346 e. The lowest BCUT2D eigenvalue weighted by Crippen LogP contribution is -2.47. The zero-order valence-corrected chi connectivity index (χ0v) is 15.3. The quantitative estimate of drug-likeness (QED) is 0.531. The lowest BCUT2D eigenvalue weighted by molar-refractivity contribution is -0.139. The second-order valence-corrected chi connectivity index (χ2v) is 7.56. The maximum atomic E-state index is 12.5. The van der Waals surface area contributed by atoms with Gasteiger partial charge in [0, 0.05) is 18.2 Å². The molecule has 3 N–H and O–H groups in total. The first-order valence-electron chi connectivity index (χ1n) is 9.15. The number of methoxy groups -OCH3 is 1. The Morgan fingerprint density at radius 1 is 1.35 bits per heavy atom. The van der Waals surface area contributed by atoms with Crippen LogP contribution in [-0.4, -0.2) is 30.6 Å². The van der Waals surface area contributed by atoms with Crippen molar-refractivity contribution in [2.45, 2.75) is 39.2 Å². The number of aryl methyl sites for hydroxylation is 1. The molecule has 0 bridgehead atoms. The number of amides is 1. The third kappa shape index (κ3) is 2.31. The Kier molecular flexibility index (Phi) is 3.93. The fourth-order valence-corrected chi connectivity index (χ4v) is 4.84. The van der Waals surface area contributed by atoms with Crippen molar-refractivity contribution in [1.29, 1.82) is 0 Å². The van der Waals surface area contributed by atoms with E-state index in [1.54, 1.807) is 0 Å². The molecule has 4 rings (SSSR count). The second kappa shape index (κ2) is 6.04. The fourth-order valence-electron chi connectivity index (χ4n) is 4.84. The number of benzene rings is 1. The average Bonchev–Trinajstić information content (AvgIpc) is 2.62. The van der Waals surface area contributed by atoms with E-state index >= 15 is 0 Å². The molecule has 0 spiro atoms. The van der Waals surface area contributed by atoms with Gasteiger partial charge in [-0.15, -0.1) is 0 Å². The topological polar surface area (TPSA) is 87.7 Å². The number of aliphatic hydroxyl groups excluding tert-OH is 1. The molecule has 2 heterocycles. The van der Waals surface area contributed by atoms with Gasteiger partial charge in [-0.05, 0) is 54.4 Å². The van der Waals surface area contributed by atoms with E-state index in [0.29, 0.717) is 0 Å². The van der Waals surface area contributed by atoms with Crippen LogP contribution in [0.1, 0.15) is 41.6 Å². The number of carbonyl (C=O) groups excluding carboxylic acids is 2. The highest BCUT2D eigenvalue weighted by Crippen LogP contribution is 2.47. The molecule has 6 heteroatoms. The first-order valence-corrected chi connectivity index (χ1v) is 9.15. The third-order valence-electron chi connectivity index (χ3n) is 5.99. The summed E-state index contributed by atoms with van der Waals surface area (Å²) in [6.07, 6.45) is 2.93. The molecule has 3 aliphatic rings. The number of hydrogen-bond donors (Lipinski definition) is 3. The molecule has 0 aromatic heterocycles. The number of carbonyl (C=O) groups is 2. The molecule has 0 saturated carbocycles. The molecule has 1 aromatic carbocycles. The Labute approximate surface area is 152 Å². The van der Waals surface area contributed by atoms with E-state index in [1.807, 2.05) is 0 Å². The number of ether oxygens (including phenoxy) is 1. The molecule has 1 aliphatic carbocycles. The van der Waals surface area contributed by atoms with Crippen LogP contribution in [0, 0.1) is 18.8 Å². The van der Waals surface area contributed by atoms with Crippen LogP contribution in [0.2, 0.25) is 0 Å². The van der Waals surface area contributed by atoms with E-state index in [-0.39, 0.29) is 29.2 Å². The largest absolute Gasteiger partial charge is 0.511 e. The van der Waals surface area contributed by atoms with Crippen LogP contribution < -0.4 is 10.6 Å². The Balaban J connectivity index is 1.87. The van der Waals surface area contributed by atoms with Gasteiger partial charge in [-0.1, -0.05) is 13.0 Å². The third-order valence-corrected chi connectivity index (χ3v) is 5.99. The van der Waals surface area contributed by atoms with Crippen molar-refractivity contribution in [3.05, 3.63) is 39.7 Å². The molecule has 1 aromatic rings. The molecule has 3 unspecified atom stereocenters. The van der Waals surface area contributed by atoms with Crippen LogP contribution in [0.15, 0.2) is 17.4 Å². The van der Waals surface area contributed by atoms with Crippen molar-refractivity contribution in [2.24, 2.45) is 11.8 Å². The fraction of sp³-hybridized carbons (Fsp3) is 0.500. The zero-order valence-electron chi connectivity index (χ0n) is 15.3. The number of esters is 1. The van der Waals surface area contributed by atoms with Crippen LogP contribution in [0.25, 0.3) is 0 Å². The molecule has 3 atom stereocenters. The predicted molar refractivity (Wildman–Crippen MR) is 96.9 cm³/mol. The van der Waals surface area contributed by atoms with Crippen molar-refractivity contribution >= 4 is 17.6 Å². The molecule has 26 heavy (non-hydrogen) atoms. The highest BCUT2D eigenvalue weighted by Gasteiger charge is 2.46. The van der Waals surface area contributed by atoms with Crippen molar-refractivity contribution < 1.29 is 19.4 Å². The van der Waals surface area contributed by atoms with E-state index < -0.39 is 11.9 Å². The van der Waals surface area contributed by atoms with E-state index in [4.69, 9.17) is 0 Å². The number of aliphatic hydroxyl groups is 1. The van der Waals surface area contributed by atoms with Gasteiger partial charge in [0.15, 0.2) is 5.57 Å². The average molecular weight is 356 g/mol. The highest BCUT2D eigenvalue weighted by atomic mass is 16.5. The van der Waals surface area contributed by atoms with Gasteiger partial charge in [-0.25, -0.2) is 4.79 Å². The lowest BCUT2D eigenvalue weighted by atomic mass is 9.68. The minimum atomic E-state index is -0.790. The summed E-state index contributed by atoms with van der Waals surface area (Å²) in [6.45, 7) is 5.12. The van der Waals surface area contributed by atoms with E-state index in [0.717, 1.165) is 36.9 Å². The van der Waals surface area contributed by atoms with E-state index in [2.05, 4.69) is 35.3 Å². The van der Waals surface area contributed by atoms with Gasteiger partial charge in [0.1, 0.15) is 5.76 Å². The molecular formula is C20H24N2O4. The normalized spacial score (nSPS) is 26.9. The zero-order chi connectivity index (χ0) is 18.6. The summed E-state index contributed by atoms with van der Waals surface area (Å²) in [5.41, 5.74) is 5.80. The Morgan fingerprint density at radius 2 is 2.12 bits per heavy atom. The first kappa shape index (κ1) is 16.9. The molecule has 0 saturated heterocycles. The lowest BCUT2D eigenvalue weighted by Gasteiger charge is -2.43. The number of anilines is 1. The predicted octanol–water partition coefficient (Wildman–Crippen LogP) is 2.32. The monoisotopic (exact) mass is 356 g/mol. The van der Waals surface area contributed by atoms with Crippen molar-refractivity contribution in [2.75, 3.05) is 19.0 Å². The number of hydrogen-bond acceptors (Lipinski definition) is 5. The second-order valence-electron chi connectivity index (χ2n) is 7.56. The van der Waals surface area contributed by atoms with Crippen LogP contribution in [0.5, 0.6) is 0 Å². The van der Waals surface area contributed by atoms with Gasteiger partial charge >= 0.3 is 5.97 Å². The van der Waals surface area contributed by atoms with Crippen LogP contribution in [-0.2, 0) is 27.2 Å². The summed E-state index contributed by atoms with van der Waals surface area (Å²) >= 11 is 0. The Bertz CT molecular complexity index is 843. The molecule has 6 nitrogen and oxygen atoms in total. The number of nitrogens with one attached hydrogen (secondary N) is 2. The van der Waals surface area contributed by atoms with Gasteiger partial charge in [0.25, 0.3) is 5.91 Å². The summed E-state index contributed by atoms with van der Waals surface area (Å²) in [5, 5.41) is 17.2. The van der Waals surface area contributed by atoms with Crippen molar-refractivity contribution in [1.82, 2.24) is 5.32 Å². The molecule has 1 amide bonds. The Hall–Kier alpha value is -2.50. The molecule has 0 radical (unpaired) electrons. The summed E-state index contributed by atoms with van der Waals surface area (Å²) in [4.78, 5) is 24.5. The summed E-state index contributed by atoms with van der Waals surface area (Å²) in [6, 6.07) is 1.80. The minimum absolute atomic E-state index is 0.0986. The highest BCUT2D eigenvalue weighted by molar-refractivity contribution is 6.17. The number of rotatable bonds is 1. The maximum absolute atomic E-state index is 12.5. The van der Waals surface area contributed by atoms with Crippen molar-refractivity contribution in [3.8, 4) is 0 Å². The number of fused-ring (bicyclic) bond motifs is 5. The summed E-state index contributed by atoms with van der Waals surface area (Å²) in [7, 11) is 1.21. The van der Waals surface area contributed by atoms with Gasteiger partial charge < -0.3 is 20.5 Å². The first-order chi connectivity index (χ1) is 12.4. The molecular weight excluding hydrogens is 332 g/mol.